The molecule has 4 heteroatoms. The van der Waals surface area contributed by atoms with Crippen LogP contribution in [0.4, 0.5) is 5.69 Å². The van der Waals surface area contributed by atoms with Gasteiger partial charge in [0.05, 0.1) is 11.5 Å². The second-order valence-corrected chi connectivity index (χ2v) is 7.13. The lowest BCUT2D eigenvalue weighted by molar-refractivity contribution is 0.602. The van der Waals surface area contributed by atoms with Crippen molar-refractivity contribution in [3.05, 3.63) is 29.3 Å². The molecule has 1 saturated heterocycles. The smallest absolute Gasteiger partial charge is 0.152 e. The van der Waals surface area contributed by atoms with Crippen LogP contribution < -0.4 is 5.32 Å². The maximum absolute atomic E-state index is 11.5. The molecule has 0 amide bonds. The Hall–Kier alpha value is -1.03. The van der Waals surface area contributed by atoms with Crippen molar-refractivity contribution in [2.45, 2.75) is 39.2 Å². The highest BCUT2D eigenvalue weighted by Gasteiger charge is 2.28. The maximum Gasteiger partial charge on any atom is 0.152 e. The molecule has 1 heterocycles. The number of benzene rings is 1. The SMILES string of the molecule is CCc1cccc(CC)c1NC1CCS(=O)(=O)C1. The maximum atomic E-state index is 11.5. The molecule has 1 aliphatic rings. The van der Waals surface area contributed by atoms with Gasteiger partial charge < -0.3 is 5.32 Å². The third-order valence-corrected chi connectivity index (χ3v) is 5.35. The fourth-order valence-corrected chi connectivity index (χ4v) is 4.21. The van der Waals surface area contributed by atoms with Crippen molar-refractivity contribution in [2.75, 3.05) is 16.8 Å². The fourth-order valence-electron chi connectivity index (χ4n) is 2.54. The molecule has 1 aliphatic heterocycles. The van der Waals surface area contributed by atoms with Crippen molar-refractivity contribution in [3.8, 4) is 0 Å². The Bertz CT molecular complexity index is 500. The summed E-state index contributed by atoms with van der Waals surface area (Å²) >= 11 is 0. The van der Waals surface area contributed by atoms with E-state index in [1.54, 1.807) is 0 Å². The lowest BCUT2D eigenvalue weighted by Crippen LogP contribution is -2.22. The molecule has 1 atom stereocenters. The first-order chi connectivity index (χ1) is 8.55. The van der Waals surface area contributed by atoms with E-state index in [-0.39, 0.29) is 11.8 Å². The van der Waals surface area contributed by atoms with Crippen molar-refractivity contribution in [1.82, 2.24) is 0 Å². The molecule has 1 aromatic carbocycles. The largest absolute Gasteiger partial charge is 0.381 e. The number of nitrogens with one attached hydrogen (secondary N) is 1. The molecular formula is C14H21NO2S. The van der Waals surface area contributed by atoms with Gasteiger partial charge in [-0.1, -0.05) is 32.0 Å². The zero-order valence-corrected chi connectivity index (χ0v) is 11.9. The van der Waals surface area contributed by atoms with Crippen LogP contribution in [0.15, 0.2) is 18.2 Å². The van der Waals surface area contributed by atoms with E-state index in [2.05, 4.69) is 37.4 Å². The van der Waals surface area contributed by atoms with Crippen LogP contribution in [0.1, 0.15) is 31.4 Å². The monoisotopic (exact) mass is 267 g/mol. The number of anilines is 1. The standard InChI is InChI=1S/C14H21NO2S/c1-3-11-6-5-7-12(4-2)14(11)15-13-8-9-18(16,17)10-13/h5-7,13,15H,3-4,8-10H2,1-2H3. The Morgan fingerprint density at radius 3 is 2.28 bits per heavy atom. The van der Waals surface area contributed by atoms with Gasteiger partial charge in [-0.15, -0.1) is 0 Å². The molecule has 18 heavy (non-hydrogen) atoms. The van der Waals surface area contributed by atoms with Crippen LogP contribution in [-0.4, -0.2) is 26.0 Å². The molecule has 3 nitrogen and oxygen atoms in total. The molecule has 0 saturated carbocycles. The molecule has 100 valence electrons. The molecule has 0 aromatic heterocycles. The predicted octanol–water partition coefficient (Wildman–Crippen LogP) is 2.41. The van der Waals surface area contributed by atoms with Gasteiger partial charge in [0.25, 0.3) is 0 Å². The normalized spacial score (nSPS) is 22.0. The molecule has 1 N–H and O–H groups in total. The highest BCUT2D eigenvalue weighted by molar-refractivity contribution is 7.91. The molecule has 1 unspecified atom stereocenters. The van der Waals surface area contributed by atoms with E-state index in [4.69, 9.17) is 0 Å². The molecule has 1 aromatic rings. The lowest BCUT2D eigenvalue weighted by Gasteiger charge is -2.19. The van der Waals surface area contributed by atoms with E-state index in [1.165, 1.54) is 11.1 Å². The van der Waals surface area contributed by atoms with Gasteiger partial charge in [-0.25, -0.2) is 8.42 Å². The van der Waals surface area contributed by atoms with Crippen LogP contribution >= 0.6 is 0 Å². The van der Waals surface area contributed by atoms with Gasteiger partial charge in [0.1, 0.15) is 0 Å². The molecular weight excluding hydrogens is 246 g/mol. The molecule has 1 fully saturated rings. The average molecular weight is 267 g/mol. The van der Waals surface area contributed by atoms with E-state index >= 15 is 0 Å². The van der Waals surface area contributed by atoms with Crippen molar-refractivity contribution in [2.24, 2.45) is 0 Å². The second-order valence-electron chi connectivity index (χ2n) is 4.90. The quantitative estimate of drug-likeness (QED) is 0.911. The number of sulfone groups is 1. The summed E-state index contributed by atoms with van der Waals surface area (Å²) in [6.45, 7) is 4.26. The van der Waals surface area contributed by atoms with Gasteiger partial charge in [0, 0.05) is 11.7 Å². The number of hydrogen-bond acceptors (Lipinski definition) is 3. The van der Waals surface area contributed by atoms with Gasteiger partial charge in [0.2, 0.25) is 0 Å². The summed E-state index contributed by atoms with van der Waals surface area (Å²) in [6.07, 6.45) is 2.66. The van der Waals surface area contributed by atoms with Gasteiger partial charge in [0.15, 0.2) is 9.84 Å². The number of para-hydroxylation sites is 1. The van der Waals surface area contributed by atoms with Crippen molar-refractivity contribution in [3.63, 3.8) is 0 Å². The fraction of sp³-hybridized carbons (Fsp3) is 0.571. The van der Waals surface area contributed by atoms with E-state index in [9.17, 15) is 8.42 Å². The molecule has 0 bridgehead atoms. The van der Waals surface area contributed by atoms with Gasteiger partial charge in [-0.2, -0.15) is 0 Å². The summed E-state index contributed by atoms with van der Waals surface area (Å²) < 4.78 is 23.0. The molecule has 0 radical (unpaired) electrons. The topological polar surface area (TPSA) is 46.2 Å². The third kappa shape index (κ3) is 2.86. The van der Waals surface area contributed by atoms with E-state index in [1.807, 2.05) is 0 Å². The van der Waals surface area contributed by atoms with Crippen LogP contribution in [0.25, 0.3) is 0 Å². The second kappa shape index (κ2) is 5.31. The van der Waals surface area contributed by atoms with Crippen LogP contribution in [0, 0.1) is 0 Å². The number of hydrogen-bond donors (Lipinski definition) is 1. The highest BCUT2D eigenvalue weighted by Crippen LogP contribution is 2.25. The summed E-state index contributed by atoms with van der Waals surface area (Å²) in [4.78, 5) is 0. The summed E-state index contributed by atoms with van der Waals surface area (Å²) in [7, 11) is -2.82. The zero-order valence-electron chi connectivity index (χ0n) is 11.1. The number of rotatable bonds is 4. The zero-order chi connectivity index (χ0) is 13.2. The summed E-state index contributed by atoms with van der Waals surface area (Å²) in [5.74, 6) is 0.592. The first kappa shape index (κ1) is 13.4. The third-order valence-electron chi connectivity index (χ3n) is 3.58. The van der Waals surface area contributed by atoms with E-state index < -0.39 is 9.84 Å². The number of aryl methyl sites for hydroxylation is 2. The van der Waals surface area contributed by atoms with E-state index in [0.29, 0.717) is 5.75 Å². The van der Waals surface area contributed by atoms with Crippen LogP contribution in [0.2, 0.25) is 0 Å². The first-order valence-electron chi connectivity index (χ1n) is 6.63. The minimum absolute atomic E-state index is 0.0769. The Morgan fingerprint density at radius 1 is 1.22 bits per heavy atom. The van der Waals surface area contributed by atoms with E-state index in [0.717, 1.165) is 24.9 Å². The average Bonchev–Trinajstić information content (AvgIpc) is 2.69. The van der Waals surface area contributed by atoms with Crippen LogP contribution in [-0.2, 0) is 22.7 Å². The highest BCUT2D eigenvalue weighted by atomic mass is 32.2. The van der Waals surface area contributed by atoms with Crippen LogP contribution in [0.5, 0.6) is 0 Å². The molecule has 2 rings (SSSR count). The van der Waals surface area contributed by atoms with Gasteiger partial charge in [-0.05, 0) is 30.4 Å². The predicted molar refractivity (Wildman–Crippen MR) is 75.9 cm³/mol. The minimum Gasteiger partial charge on any atom is -0.381 e. The van der Waals surface area contributed by atoms with Gasteiger partial charge in [-0.3, -0.25) is 0 Å². The van der Waals surface area contributed by atoms with Crippen LogP contribution in [0.3, 0.4) is 0 Å². The minimum atomic E-state index is -2.82. The lowest BCUT2D eigenvalue weighted by atomic mass is 10.0. The van der Waals surface area contributed by atoms with Crippen molar-refractivity contribution < 1.29 is 8.42 Å². The summed E-state index contributed by atoms with van der Waals surface area (Å²) in [6, 6.07) is 6.39. The Balaban J connectivity index is 2.23. The van der Waals surface area contributed by atoms with Crippen molar-refractivity contribution in [1.29, 1.82) is 0 Å². The Labute approximate surface area is 110 Å². The summed E-state index contributed by atoms with van der Waals surface area (Å²) in [5, 5.41) is 3.46. The Kier molecular flexibility index (Phi) is 3.95. The first-order valence-corrected chi connectivity index (χ1v) is 8.45. The van der Waals surface area contributed by atoms with Crippen molar-refractivity contribution >= 4 is 15.5 Å². The molecule has 0 spiro atoms. The summed E-state index contributed by atoms with van der Waals surface area (Å²) in [5.41, 5.74) is 3.71. The Morgan fingerprint density at radius 2 is 1.83 bits per heavy atom. The van der Waals surface area contributed by atoms with Gasteiger partial charge >= 0.3 is 0 Å². The molecule has 0 aliphatic carbocycles.